The van der Waals surface area contributed by atoms with Crippen LogP contribution in [0.2, 0.25) is 0 Å². The molecule has 0 radical (unpaired) electrons. The van der Waals surface area contributed by atoms with E-state index in [0.29, 0.717) is 11.0 Å². The Labute approximate surface area is 132 Å². The highest BCUT2D eigenvalue weighted by Gasteiger charge is 2.43. The molecule has 1 saturated heterocycles. The monoisotopic (exact) mass is 294 g/mol. The molecule has 21 heavy (non-hydrogen) atoms. The zero-order chi connectivity index (χ0) is 15.5. The maximum atomic E-state index is 6.30. The first-order chi connectivity index (χ1) is 9.97. The number of nitrogens with two attached hydrogens (primary N) is 1. The predicted molar refractivity (Wildman–Crippen MR) is 92.4 cm³/mol. The summed E-state index contributed by atoms with van der Waals surface area (Å²) in [6.45, 7) is 13.1. The van der Waals surface area contributed by atoms with Crippen LogP contribution in [0.25, 0.3) is 0 Å². The third kappa shape index (κ3) is 3.64. The molecule has 1 unspecified atom stereocenters. The molecule has 2 heteroatoms. The van der Waals surface area contributed by atoms with Crippen molar-refractivity contribution in [2.24, 2.45) is 23.0 Å². The largest absolute Gasteiger partial charge is 0.329 e. The van der Waals surface area contributed by atoms with Crippen molar-refractivity contribution in [1.82, 2.24) is 4.90 Å². The Kier molecular flexibility index (Phi) is 5.76. The van der Waals surface area contributed by atoms with E-state index >= 15 is 0 Å². The van der Waals surface area contributed by atoms with Crippen LogP contribution in [0.3, 0.4) is 0 Å². The summed E-state index contributed by atoms with van der Waals surface area (Å²) in [5.74, 6) is 1.81. The minimum atomic E-state index is 0.328. The smallest absolute Gasteiger partial charge is 0.0332 e. The van der Waals surface area contributed by atoms with Crippen LogP contribution in [0.5, 0.6) is 0 Å². The average Bonchev–Trinajstić information content (AvgIpc) is 2.55. The van der Waals surface area contributed by atoms with E-state index in [4.69, 9.17) is 5.73 Å². The van der Waals surface area contributed by atoms with Crippen LogP contribution < -0.4 is 5.73 Å². The van der Waals surface area contributed by atoms with Crippen LogP contribution in [0.1, 0.15) is 79.1 Å². The number of hydrogen-bond donors (Lipinski definition) is 1. The van der Waals surface area contributed by atoms with Gasteiger partial charge in [0.15, 0.2) is 0 Å². The standard InChI is InChI=1S/C19H38N2/c1-5-16-8-7-13-21(14-16)19(15-20)11-9-17(10-12-19)18(3,4)6-2/h16-17H,5-15,20H2,1-4H3. The van der Waals surface area contributed by atoms with Crippen LogP contribution in [0, 0.1) is 17.3 Å². The molecular formula is C19H38N2. The molecule has 2 fully saturated rings. The molecule has 2 N–H and O–H groups in total. The van der Waals surface area contributed by atoms with E-state index in [0.717, 1.165) is 18.4 Å². The second-order valence-electron chi connectivity index (χ2n) is 8.41. The Morgan fingerprint density at radius 1 is 1.14 bits per heavy atom. The molecule has 1 heterocycles. The fraction of sp³-hybridized carbons (Fsp3) is 1.00. The maximum Gasteiger partial charge on any atom is 0.0332 e. The molecule has 2 aliphatic rings. The number of piperidine rings is 1. The highest BCUT2D eigenvalue weighted by molar-refractivity contribution is 4.99. The molecule has 1 atom stereocenters. The van der Waals surface area contributed by atoms with Gasteiger partial charge in [-0.1, -0.05) is 40.5 Å². The fourth-order valence-corrected chi connectivity index (χ4v) is 4.70. The van der Waals surface area contributed by atoms with Crippen molar-refractivity contribution in [3.8, 4) is 0 Å². The van der Waals surface area contributed by atoms with E-state index in [1.54, 1.807) is 0 Å². The highest BCUT2D eigenvalue weighted by Crippen LogP contribution is 2.45. The summed E-state index contributed by atoms with van der Waals surface area (Å²) in [6.07, 6.45) is 10.9. The van der Waals surface area contributed by atoms with Crippen LogP contribution >= 0.6 is 0 Å². The quantitative estimate of drug-likeness (QED) is 0.812. The molecule has 0 amide bonds. The van der Waals surface area contributed by atoms with Gasteiger partial charge in [0.25, 0.3) is 0 Å². The lowest BCUT2D eigenvalue weighted by atomic mass is 9.65. The molecule has 0 aromatic carbocycles. The van der Waals surface area contributed by atoms with Crippen molar-refractivity contribution in [2.75, 3.05) is 19.6 Å². The van der Waals surface area contributed by atoms with Crippen molar-refractivity contribution < 1.29 is 0 Å². The third-order valence-electron chi connectivity index (χ3n) is 7.08. The van der Waals surface area contributed by atoms with E-state index in [-0.39, 0.29) is 0 Å². The van der Waals surface area contributed by atoms with Crippen LogP contribution in [0.15, 0.2) is 0 Å². The lowest BCUT2D eigenvalue weighted by Crippen LogP contribution is -2.59. The second kappa shape index (κ2) is 7.00. The van der Waals surface area contributed by atoms with E-state index in [1.807, 2.05) is 0 Å². The minimum Gasteiger partial charge on any atom is -0.329 e. The van der Waals surface area contributed by atoms with Crippen LogP contribution in [0.4, 0.5) is 0 Å². The minimum absolute atomic E-state index is 0.328. The Balaban J connectivity index is 2.01. The zero-order valence-corrected chi connectivity index (χ0v) is 15.0. The summed E-state index contributed by atoms with van der Waals surface area (Å²) >= 11 is 0. The topological polar surface area (TPSA) is 29.3 Å². The predicted octanol–water partition coefficient (Wildman–Crippen LogP) is 4.43. The van der Waals surface area contributed by atoms with E-state index in [9.17, 15) is 0 Å². The first-order valence-corrected chi connectivity index (χ1v) is 9.42. The van der Waals surface area contributed by atoms with Gasteiger partial charge in [0.1, 0.15) is 0 Å². The number of likely N-dealkylation sites (tertiary alicyclic amines) is 1. The van der Waals surface area contributed by atoms with Gasteiger partial charge in [-0.25, -0.2) is 0 Å². The summed E-state index contributed by atoms with van der Waals surface area (Å²) in [5.41, 5.74) is 7.14. The Bertz CT molecular complexity index is 316. The van der Waals surface area contributed by atoms with Crippen molar-refractivity contribution in [2.45, 2.75) is 84.6 Å². The molecule has 124 valence electrons. The van der Waals surface area contributed by atoms with Gasteiger partial charge in [-0.3, -0.25) is 4.90 Å². The Hall–Kier alpha value is -0.0800. The van der Waals surface area contributed by atoms with Crippen LogP contribution in [-0.4, -0.2) is 30.1 Å². The van der Waals surface area contributed by atoms with E-state index in [1.165, 1.54) is 64.5 Å². The molecule has 0 aromatic rings. The average molecular weight is 295 g/mol. The summed E-state index contributed by atoms with van der Waals surface area (Å²) < 4.78 is 0. The molecular weight excluding hydrogens is 256 g/mol. The molecule has 1 saturated carbocycles. The van der Waals surface area contributed by atoms with Gasteiger partial charge in [0, 0.05) is 18.6 Å². The Morgan fingerprint density at radius 2 is 1.81 bits per heavy atom. The lowest BCUT2D eigenvalue weighted by Gasteiger charge is -2.52. The highest BCUT2D eigenvalue weighted by atomic mass is 15.2. The van der Waals surface area contributed by atoms with Crippen LogP contribution in [-0.2, 0) is 0 Å². The maximum absolute atomic E-state index is 6.30. The van der Waals surface area contributed by atoms with Crippen molar-refractivity contribution in [1.29, 1.82) is 0 Å². The molecule has 0 spiro atoms. The number of rotatable bonds is 5. The van der Waals surface area contributed by atoms with Gasteiger partial charge in [-0.2, -0.15) is 0 Å². The molecule has 1 aliphatic carbocycles. The second-order valence-corrected chi connectivity index (χ2v) is 8.41. The van der Waals surface area contributed by atoms with Crippen molar-refractivity contribution >= 4 is 0 Å². The lowest BCUT2D eigenvalue weighted by molar-refractivity contribution is -0.00817. The first kappa shape index (κ1) is 17.3. The van der Waals surface area contributed by atoms with Gasteiger partial charge in [-0.05, 0) is 62.3 Å². The molecule has 1 aliphatic heterocycles. The fourth-order valence-electron chi connectivity index (χ4n) is 4.70. The SMILES string of the molecule is CCC1CCCN(C2(CN)CCC(C(C)(C)CC)CC2)C1. The molecule has 2 rings (SSSR count). The summed E-state index contributed by atoms with van der Waals surface area (Å²) in [4.78, 5) is 2.79. The normalized spacial score (nSPS) is 35.9. The zero-order valence-electron chi connectivity index (χ0n) is 15.0. The number of hydrogen-bond acceptors (Lipinski definition) is 2. The van der Waals surface area contributed by atoms with Crippen molar-refractivity contribution in [3.05, 3.63) is 0 Å². The van der Waals surface area contributed by atoms with Gasteiger partial charge >= 0.3 is 0 Å². The Morgan fingerprint density at radius 3 is 2.33 bits per heavy atom. The summed E-state index contributed by atoms with van der Waals surface area (Å²) in [6, 6.07) is 0. The van der Waals surface area contributed by atoms with Gasteiger partial charge in [0.05, 0.1) is 0 Å². The molecule has 0 aromatic heterocycles. The number of nitrogens with zero attached hydrogens (tertiary/aromatic N) is 1. The van der Waals surface area contributed by atoms with E-state index < -0.39 is 0 Å². The first-order valence-electron chi connectivity index (χ1n) is 9.42. The summed E-state index contributed by atoms with van der Waals surface area (Å²) in [5, 5.41) is 0. The molecule has 2 nitrogen and oxygen atoms in total. The van der Waals surface area contributed by atoms with E-state index in [2.05, 4.69) is 32.6 Å². The van der Waals surface area contributed by atoms with Gasteiger partial charge in [0.2, 0.25) is 0 Å². The third-order valence-corrected chi connectivity index (χ3v) is 7.08. The van der Waals surface area contributed by atoms with Gasteiger partial charge < -0.3 is 5.73 Å². The van der Waals surface area contributed by atoms with Gasteiger partial charge in [-0.15, -0.1) is 0 Å². The molecule has 0 bridgehead atoms. The summed E-state index contributed by atoms with van der Waals surface area (Å²) in [7, 11) is 0. The van der Waals surface area contributed by atoms with Crippen molar-refractivity contribution in [3.63, 3.8) is 0 Å².